The minimum absolute atomic E-state index is 0.200. The molecule has 0 aliphatic rings. The van der Waals surface area contributed by atoms with Gasteiger partial charge in [0.25, 0.3) is 5.91 Å². The van der Waals surface area contributed by atoms with Gasteiger partial charge >= 0.3 is 0 Å². The van der Waals surface area contributed by atoms with Crippen LogP contribution in [-0.2, 0) is 13.6 Å². The van der Waals surface area contributed by atoms with Crippen LogP contribution in [0.1, 0.15) is 16.8 Å². The van der Waals surface area contributed by atoms with Crippen molar-refractivity contribution in [3.63, 3.8) is 0 Å². The lowest BCUT2D eigenvalue weighted by atomic mass is 10.3. The minimum atomic E-state index is -0.200. The van der Waals surface area contributed by atoms with Crippen molar-refractivity contribution < 1.29 is 4.79 Å². The van der Waals surface area contributed by atoms with Crippen molar-refractivity contribution in [1.82, 2.24) is 24.6 Å². The molecule has 2 heterocycles. The minimum Gasteiger partial charge on any atom is -0.352 e. The SMILES string of the molecule is Cn1ncc(C(=O)NCCCn2cnc3ccccc32)c1Cl. The molecule has 22 heavy (non-hydrogen) atoms. The van der Waals surface area contributed by atoms with E-state index in [1.165, 1.54) is 10.9 Å². The van der Waals surface area contributed by atoms with Gasteiger partial charge in [-0.15, -0.1) is 0 Å². The average Bonchev–Trinajstić information content (AvgIpc) is 3.08. The number of halogens is 1. The normalized spacial score (nSPS) is 11.0. The summed E-state index contributed by atoms with van der Waals surface area (Å²) >= 11 is 5.99. The zero-order valence-electron chi connectivity index (χ0n) is 12.2. The van der Waals surface area contributed by atoms with Crippen molar-refractivity contribution in [2.24, 2.45) is 7.05 Å². The number of aryl methyl sites for hydroxylation is 2. The Labute approximate surface area is 132 Å². The van der Waals surface area contributed by atoms with E-state index < -0.39 is 0 Å². The third kappa shape index (κ3) is 2.82. The average molecular weight is 318 g/mol. The van der Waals surface area contributed by atoms with Crippen LogP contribution in [0.15, 0.2) is 36.8 Å². The molecule has 114 valence electrons. The number of imidazole rings is 1. The van der Waals surface area contributed by atoms with E-state index >= 15 is 0 Å². The molecule has 7 heteroatoms. The van der Waals surface area contributed by atoms with E-state index in [4.69, 9.17) is 11.6 Å². The Morgan fingerprint density at radius 3 is 2.95 bits per heavy atom. The molecule has 0 fully saturated rings. The first-order chi connectivity index (χ1) is 10.7. The lowest BCUT2D eigenvalue weighted by molar-refractivity contribution is 0.0953. The largest absolute Gasteiger partial charge is 0.352 e. The Kier molecular flexibility index (Phi) is 4.11. The molecular weight excluding hydrogens is 302 g/mol. The molecule has 0 saturated heterocycles. The number of carbonyl (C=O) groups excluding carboxylic acids is 1. The molecule has 0 bridgehead atoms. The molecule has 0 radical (unpaired) electrons. The van der Waals surface area contributed by atoms with Crippen LogP contribution in [0.4, 0.5) is 0 Å². The molecule has 6 nitrogen and oxygen atoms in total. The summed E-state index contributed by atoms with van der Waals surface area (Å²) in [5, 5.41) is 7.15. The summed E-state index contributed by atoms with van der Waals surface area (Å²) in [5.41, 5.74) is 2.48. The molecular formula is C15H16ClN5O. The highest BCUT2D eigenvalue weighted by Crippen LogP contribution is 2.14. The van der Waals surface area contributed by atoms with Crippen molar-refractivity contribution in [2.45, 2.75) is 13.0 Å². The number of carbonyl (C=O) groups is 1. The molecule has 3 rings (SSSR count). The zero-order valence-corrected chi connectivity index (χ0v) is 12.9. The first kappa shape index (κ1) is 14.6. The van der Waals surface area contributed by atoms with Gasteiger partial charge in [-0.1, -0.05) is 23.7 Å². The third-order valence-electron chi connectivity index (χ3n) is 3.50. The number of fused-ring (bicyclic) bond motifs is 1. The van der Waals surface area contributed by atoms with Crippen LogP contribution in [0.25, 0.3) is 11.0 Å². The van der Waals surface area contributed by atoms with Crippen molar-refractivity contribution in [3.05, 3.63) is 47.5 Å². The second-order valence-electron chi connectivity index (χ2n) is 5.01. The Balaban J connectivity index is 1.53. The maximum Gasteiger partial charge on any atom is 0.256 e. The standard InChI is InChI=1S/C15H16ClN5O/c1-20-14(16)11(9-19-20)15(22)17-7-4-8-21-10-18-12-5-2-3-6-13(12)21/h2-3,5-6,9-10H,4,7-8H2,1H3,(H,17,22). The van der Waals surface area contributed by atoms with Crippen LogP contribution in [-0.4, -0.2) is 31.8 Å². The smallest absolute Gasteiger partial charge is 0.256 e. The number of nitrogens with one attached hydrogen (secondary N) is 1. The van der Waals surface area contributed by atoms with Crippen LogP contribution < -0.4 is 5.32 Å². The van der Waals surface area contributed by atoms with Gasteiger partial charge in [-0.2, -0.15) is 5.10 Å². The summed E-state index contributed by atoms with van der Waals surface area (Å²) in [6.45, 7) is 1.36. The third-order valence-corrected chi connectivity index (χ3v) is 3.95. The second kappa shape index (κ2) is 6.19. The predicted molar refractivity (Wildman–Crippen MR) is 84.9 cm³/mol. The Hall–Kier alpha value is -2.34. The van der Waals surface area contributed by atoms with E-state index in [2.05, 4.69) is 20.0 Å². The van der Waals surface area contributed by atoms with Gasteiger partial charge in [0, 0.05) is 20.1 Å². The topological polar surface area (TPSA) is 64.7 Å². The summed E-state index contributed by atoms with van der Waals surface area (Å²) < 4.78 is 3.55. The molecule has 0 saturated carbocycles. The van der Waals surface area contributed by atoms with Crippen LogP contribution in [0, 0.1) is 0 Å². The number of nitrogens with zero attached hydrogens (tertiary/aromatic N) is 4. The van der Waals surface area contributed by atoms with E-state index in [-0.39, 0.29) is 5.91 Å². The van der Waals surface area contributed by atoms with Crippen molar-refractivity contribution in [3.8, 4) is 0 Å². The Morgan fingerprint density at radius 1 is 1.36 bits per heavy atom. The lowest BCUT2D eigenvalue weighted by Gasteiger charge is -2.06. The molecule has 0 spiro atoms. The maximum atomic E-state index is 12.0. The first-order valence-electron chi connectivity index (χ1n) is 7.02. The zero-order chi connectivity index (χ0) is 15.5. The van der Waals surface area contributed by atoms with Gasteiger partial charge in [0.2, 0.25) is 0 Å². The molecule has 0 aliphatic carbocycles. The van der Waals surface area contributed by atoms with Crippen molar-refractivity contribution in [1.29, 1.82) is 0 Å². The van der Waals surface area contributed by atoms with E-state index in [1.54, 1.807) is 7.05 Å². The van der Waals surface area contributed by atoms with Gasteiger partial charge in [0.05, 0.1) is 29.1 Å². The fraction of sp³-hybridized carbons (Fsp3) is 0.267. The second-order valence-corrected chi connectivity index (χ2v) is 5.37. The fourth-order valence-electron chi connectivity index (χ4n) is 2.31. The van der Waals surface area contributed by atoms with Crippen molar-refractivity contribution in [2.75, 3.05) is 6.54 Å². The van der Waals surface area contributed by atoms with E-state index in [0.29, 0.717) is 17.3 Å². The molecule has 0 aliphatic heterocycles. The molecule has 0 unspecified atom stereocenters. The number of hydrogen-bond donors (Lipinski definition) is 1. The van der Waals surface area contributed by atoms with Crippen LogP contribution >= 0.6 is 11.6 Å². The van der Waals surface area contributed by atoms with Gasteiger partial charge in [0.1, 0.15) is 5.15 Å². The summed E-state index contributed by atoms with van der Waals surface area (Å²) in [6.07, 6.45) is 4.11. The number of amides is 1. The van der Waals surface area contributed by atoms with E-state index in [9.17, 15) is 4.79 Å². The summed E-state index contributed by atoms with van der Waals surface area (Å²) in [7, 11) is 1.70. The number of rotatable bonds is 5. The van der Waals surface area contributed by atoms with E-state index in [0.717, 1.165) is 24.0 Å². The fourth-order valence-corrected chi connectivity index (χ4v) is 2.49. The summed E-state index contributed by atoms with van der Waals surface area (Å²) in [4.78, 5) is 16.3. The molecule has 1 aromatic carbocycles. The number of para-hydroxylation sites is 2. The number of benzene rings is 1. The number of aromatic nitrogens is 4. The van der Waals surface area contributed by atoms with Gasteiger partial charge in [0.15, 0.2) is 0 Å². The van der Waals surface area contributed by atoms with E-state index in [1.807, 2.05) is 30.6 Å². The Bertz CT molecular complexity index is 807. The molecule has 0 atom stereocenters. The molecule has 1 N–H and O–H groups in total. The predicted octanol–water partition coefficient (Wildman–Crippen LogP) is 2.24. The van der Waals surface area contributed by atoms with Crippen LogP contribution in [0.3, 0.4) is 0 Å². The highest BCUT2D eigenvalue weighted by atomic mass is 35.5. The highest BCUT2D eigenvalue weighted by Gasteiger charge is 2.13. The lowest BCUT2D eigenvalue weighted by Crippen LogP contribution is -2.25. The molecule has 3 aromatic rings. The summed E-state index contributed by atoms with van der Waals surface area (Å²) in [5.74, 6) is -0.200. The summed E-state index contributed by atoms with van der Waals surface area (Å²) in [6, 6.07) is 7.98. The monoisotopic (exact) mass is 317 g/mol. The molecule has 2 aromatic heterocycles. The quantitative estimate of drug-likeness (QED) is 0.734. The Morgan fingerprint density at radius 2 is 2.18 bits per heavy atom. The first-order valence-corrected chi connectivity index (χ1v) is 7.40. The van der Waals surface area contributed by atoms with Crippen LogP contribution in [0.5, 0.6) is 0 Å². The number of hydrogen-bond acceptors (Lipinski definition) is 3. The van der Waals surface area contributed by atoms with Crippen LogP contribution in [0.2, 0.25) is 5.15 Å². The molecule has 1 amide bonds. The van der Waals surface area contributed by atoms with Gasteiger partial charge in [-0.05, 0) is 18.6 Å². The maximum absolute atomic E-state index is 12.0. The van der Waals surface area contributed by atoms with Crippen molar-refractivity contribution >= 4 is 28.5 Å². The van der Waals surface area contributed by atoms with Gasteiger partial charge < -0.3 is 9.88 Å². The van der Waals surface area contributed by atoms with Gasteiger partial charge in [-0.25, -0.2) is 4.98 Å². The van der Waals surface area contributed by atoms with Gasteiger partial charge in [-0.3, -0.25) is 9.48 Å². The highest BCUT2D eigenvalue weighted by molar-refractivity contribution is 6.32.